The number of piperazine rings is 1. The average molecular weight is 447 g/mol. The molecule has 0 radical (unpaired) electrons. The first-order chi connectivity index (χ1) is 16.0. The summed E-state index contributed by atoms with van der Waals surface area (Å²) < 4.78 is 0. The van der Waals surface area contributed by atoms with Gasteiger partial charge in [-0.3, -0.25) is 19.5 Å². The molecule has 0 bridgehead atoms. The predicted octanol–water partition coefficient (Wildman–Crippen LogP) is 2.40. The number of pyridine rings is 3. The van der Waals surface area contributed by atoms with Crippen LogP contribution in [0.3, 0.4) is 0 Å². The number of nitrogens with zero attached hydrogens (tertiary/aromatic N) is 4. The molecule has 1 saturated heterocycles. The van der Waals surface area contributed by atoms with E-state index in [0.717, 1.165) is 79.1 Å². The molecule has 5 rings (SSSR count). The Morgan fingerprint density at radius 3 is 2.67 bits per heavy atom. The molecule has 2 aliphatic rings. The van der Waals surface area contributed by atoms with Gasteiger partial charge in [-0.15, -0.1) is 0 Å². The lowest BCUT2D eigenvalue weighted by atomic mass is 10.1. The number of hydrogen-bond acceptors (Lipinski definition) is 6. The van der Waals surface area contributed by atoms with Crippen molar-refractivity contribution in [2.75, 3.05) is 31.1 Å². The third kappa shape index (κ3) is 4.75. The van der Waals surface area contributed by atoms with Gasteiger partial charge in [-0.2, -0.15) is 0 Å². The van der Waals surface area contributed by atoms with E-state index in [9.17, 15) is 9.59 Å². The number of rotatable bonds is 6. The zero-order valence-electron chi connectivity index (χ0n) is 19.2. The lowest BCUT2D eigenvalue weighted by Gasteiger charge is -2.36. The van der Waals surface area contributed by atoms with E-state index in [1.54, 1.807) is 0 Å². The van der Waals surface area contributed by atoms with E-state index in [4.69, 9.17) is 0 Å². The topological polar surface area (TPSA) is 94.2 Å². The second-order valence-corrected chi connectivity index (χ2v) is 9.07. The van der Waals surface area contributed by atoms with Crippen LogP contribution in [-0.4, -0.2) is 58.0 Å². The Labute approximate surface area is 193 Å². The van der Waals surface area contributed by atoms with Crippen molar-refractivity contribution in [3.63, 3.8) is 0 Å². The molecule has 33 heavy (non-hydrogen) atoms. The second-order valence-electron chi connectivity index (χ2n) is 9.07. The van der Waals surface area contributed by atoms with Gasteiger partial charge in [0.2, 0.25) is 0 Å². The van der Waals surface area contributed by atoms with Crippen molar-refractivity contribution in [1.29, 1.82) is 0 Å². The molecular formula is C25H30N6O2. The van der Waals surface area contributed by atoms with Crippen LogP contribution >= 0.6 is 0 Å². The van der Waals surface area contributed by atoms with Crippen molar-refractivity contribution in [2.45, 2.75) is 45.7 Å². The summed E-state index contributed by atoms with van der Waals surface area (Å²) in [7, 11) is 0. The van der Waals surface area contributed by atoms with Crippen LogP contribution in [0.4, 0.5) is 5.69 Å². The Morgan fingerprint density at radius 2 is 1.97 bits per heavy atom. The Hall–Kier alpha value is -3.26. The molecule has 172 valence electrons. The first kappa shape index (κ1) is 21.6. The molecule has 8 nitrogen and oxygen atoms in total. The van der Waals surface area contributed by atoms with Crippen LogP contribution in [0.2, 0.25) is 0 Å². The summed E-state index contributed by atoms with van der Waals surface area (Å²) >= 11 is 0. The molecule has 1 aliphatic heterocycles. The van der Waals surface area contributed by atoms with Crippen LogP contribution in [0.25, 0.3) is 11.0 Å². The van der Waals surface area contributed by atoms with Crippen LogP contribution in [0.1, 0.15) is 47.1 Å². The first-order valence-electron chi connectivity index (χ1n) is 11.8. The van der Waals surface area contributed by atoms with E-state index in [1.807, 2.05) is 44.3 Å². The predicted molar refractivity (Wildman–Crippen MR) is 129 cm³/mol. The summed E-state index contributed by atoms with van der Waals surface area (Å²) in [6.07, 6.45) is 4.75. The summed E-state index contributed by atoms with van der Waals surface area (Å²) in [6, 6.07) is 8.11. The zero-order chi connectivity index (χ0) is 22.9. The van der Waals surface area contributed by atoms with Crippen LogP contribution in [0.5, 0.6) is 0 Å². The highest BCUT2D eigenvalue weighted by Gasteiger charge is 2.25. The van der Waals surface area contributed by atoms with Crippen LogP contribution in [0.15, 0.2) is 35.3 Å². The summed E-state index contributed by atoms with van der Waals surface area (Å²) in [5.41, 5.74) is 5.93. The summed E-state index contributed by atoms with van der Waals surface area (Å²) in [6.45, 7) is 8.39. The maximum Gasteiger partial charge on any atom is 0.270 e. The van der Waals surface area contributed by atoms with E-state index >= 15 is 0 Å². The van der Waals surface area contributed by atoms with Gasteiger partial charge in [0.1, 0.15) is 5.69 Å². The molecule has 1 aliphatic carbocycles. The van der Waals surface area contributed by atoms with Crippen LogP contribution in [-0.2, 0) is 13.0 Å². The molecule has 0 unspecified atom stereocenters. The molecule has 0 spiro atoms. The van der Waals surface area contributed by atoms with E-state index in [1.165, 1.54) is 0 Å². The van der Waals surface area contributed by atoms with Gasteiger partial charge in [-0.05, 0) is 56.0 Å². The Bertz CT molecular complexity index is 1240. The van der Waals surface area contributed by atoms with Crippen molar-refractivity contribution < 1.29 is 4.79 Å². The minimum absolute atomic E-state index is 0.0300. The molecule has 1 saturated carbocycles. The number of aromatic amines is 1. The summed E-state index contributed by atoms with van der Waals surface area (Å²) in [4.78, 5) is 41.2. The fourth-order valence-corrected chi connectivity index (χ4v) is 4.42. The number of H-pyrrole nitrogens is 1. The minimum Gasteiger partial charge on any atom is -0.368 e. The largest absolute Gasteiger partial charge is 0.368 e. The fourth-order valence-electron chi connectivity index (χ4n) is 4.42. The van der Waals surface area contributed by atoms with Crippen LogP contribution < -0.4 is 15.8 Å². The summed E-state index contributed by atoms with van der Waals surface area (Å²) in [5.74, 6) is -0.0757. The number of amides is 1. The number of carbonyl (C=O) groups excluding carboxylic acids is 1. The number of anilines is 1. The molecule has 0 aromatic carbocycles. The quantitative estimate of drug-likeness (QED) is 0.604. The number of aryl methyl sites for hydroxylation is 2. The minimum atomic E-state index is -0.0757. The van der Waals surface area contributed by atoms with E-state index in [2.05, 4.69) is 30.1 Å². The monoisotopic (exact) mass is 446 g/mol. The second kappa shape index (κ2) is 8.94. The molecule has 3 aromatic heterocycles. The lowest BCUT2D eigenvalue weighted by Crippen LogP contribution is -2.46. The van der Waals surface area contributed by atoms with Gasteiger partial charge in [0, 0.05) is 50.5 Å². The molecule has 4 heterocycles. The van der Waals surface area contributed by atoms with Gasteiger partial charge in [-0.1, -0.05) is 6.92 Å². The van der Waals surface area contributed by atoms with Gasteiger partial charge in [0.15, 0.2) is 0 Å². The van der Waals surface area contributed by atoms with Gasteiger partial charge >= 0.3 is 0 Å². The molecule has 8 heteroatoms. The van der Waals surface area contributed by atoms with Gasteiger partial charge in [-0.25, -0.2) is 4.98 Å². The fraction of sp³-hybridized carbons (Fsp3) is 0.440. The number of aromatic nitrogens is 3. The van der Waals surface area contributed by atoms with Crippen molar-refractivity contribution in [1.82, 2.24) is 25.2 Å². The number of nitrogens with one attached hydrogen (secondary N) is 2. The maximum absolute atomic E-state index is 12.3. The molecule has 1 amide bonds. The Kier molecular flexibility index (Phi) is 5.85. The highest BCUT2D eigenvalue weighted by molar-refractivity contribution is 5.93. The number of carbonyl (C=O) groups is 1. The van der Waals surface area contributed by atoms with Crippen molar-refractivity contribution >= 4 is 22.6 Å². The first-order valence-corrected chi connectivity index (χ1v) is 11.8. The van der Waals surface area contributed by atoms with Crippen LogP contribution in [0, 0.1) is 6.92 Å². The lowest BCUT2D eigenvalue weighted by molar-refractivity contribution is 0.0946. The zero-order valence-corrected chi connectivity index (χ0v) is 19.2. The van der Waals surface area contributed by atoms with E-state index in [0.29, 0.717) is 18.2 Å². The van der Waals surface area contributed by atoms with Crippen molar-refractivity contribution in [2.24, 2.45) is 0 Å². The summed E-state index contributed by atoms with van der Waals surface area (Å²) in [5, 5.41) is 3.00. The Morgan fingerprint density at radius 1 is 1.18 bits per heavy atom. The molecule has 2 fully saturated rings. The SMILES string of the molecule is CCc1cc2ncc(CN3CCN(c4ccc(C(=O)NC5CC5)nc4C)CC3)cc2[nH]c1=O. The molecular weight excluding hydrogens is 416 g/mol. The molecule has 2 N–H and O–H groups in total. The molecule has 3 aromatic rings. The Balaban J connectivity index is 1.21. The standard InChI is InChI=1S/C25H30N6O2/c1-3-18-13-21-22(29-24(18)32)12-17(14-26-21)15-30-8-10-31(11-9-30)23-7-6-20(27-16(23)2)25(33)28-19-4-5-19/h6-7,12-14,19H,3-5,8-11,15H2,1-2H3,(H,28,33)(H,29,32). The molecule has 0 atom stereocenters. The highest BCUT2D eigenvalue weighted by Crippen LogP contribution is 2.23. The van der Waals surface area contributed by atoms with E-state index < -0.39 is 0 Å². The smallest absolute Gasteiger partial charge is 0.270 e. The third-order valence-electron chi connectivity index (χ3n) is 6.53. The number of fused-ring (bicyclic) bond motifs is 1. The van der Waals surface area contributed by atoms with E-state index in [-0.39, 0.29) is 11.5 Å². The van der Waals surface area contributed by atoms with Gasteiger partial charge in [0.05, 0.1) is 22.4 Å². The number of hydrogen-bond donors (Lipinski definition) is 2. The third-order valence-corrected chi connectivity index (χ3v) is 6.53. The van der Waals surface area contributed by atoms with Gasteiger partial charge < -0.3 is 15.2 Å². The highest BCUT2D eigenvalue weighted by atomic mass is 16.2. The van der Waals surface area contributed by atoms with Crippen molar-refractivity contribution in [3.05, 3.63) is 63.3 Å². The average Bonchev–Trinajstić information content (AvgIpc) is 3.63. The normalized spacial score (nSPS) is 16.8. The maximum atomic E-state index is 12.3. The van der Waals surface area contributed by atoms with Crippen molar-refractivity contribution in [3.8, 4) is 0 Å². The van der Waals surface area contributed by atoms with Gasteiger partial charge in [0.25, 0.3) is 11.5 Å².